The maximum absolute atomic E-state index is 14.8. The number of benzene rings is 3. The van der Waals surface area contributed by atoms with E-state index in [4.69, 9.17) is 0 Å². The Kier molecular flexibility index (Phi) is 8.39. The first-order valence-electron chi connectivity index (χ1n) is 18.9. The fourth-order valence-electron chi connectivity index (χ4n) is 11.6. The third kappa shape index (κ3) is 5.43. The van der Waals surface area contributed by atoms with E-state index in [1.165, 1.54) is 12.1 Å². The van der Waals surface area contributed by atoms with Crippen LogP contribution in [0.15, 0.2) is 109 Å². The molecule has 0 heterocycles. The number of anilines is 1. The van der Waals surface area contributed by atoms with Crippen LogP contribution in [0.25, 0.3) is 0 Å². The molecule has 2 spiro atoms. The Morgan fingerprint density at radius 2 is 1.51 bits per heavy atom. The average molecular weight is 725 g/mol. The molecule has 2 bridgehead atoms. The van der Waals surface area contributed by atoms with Gasteiger partial charge in [-0.3, -0.25) is 4.79 Å². The molecule has 8 atom stereocenters. The molecular weight excluding hydrogens is 677 g/mol. The van der Waals surface area contributed by atoms with E-state index in [-0.39, 0.29) is 41.9 Å². The molecule has 6 aliphatic carbocycles. The highest BCUT2D eigenvalue weighted by Gasteiger charge is 2.74. The van der Waals surface area contributed by atoms with E-state index < -0.39 is 45.5 Å². The van der Waals surface area contributed by atoms with Crippen molar-refractivity contribution in [1.29, 1.82) is 0 Å². The van der Waals surface area contributed by atoms with Crippen LogP contribution in [0.4, 0.5) is 23.7 Å². The number of ketones is 1. The summed E-state index contributed by atoms with van der Waals surface area (Å²) in [6.45, 7) is 4.70. The summed E-state index contributed by atoms with van der Waals surface area (Å²) < 4.78 is 41.7. The van der Waals surface area contributed by atoms with Gasteiger partial charge in [0.2, 0.25) is 0 Å². The van der Waals surface area contributed by atoms with E-state index >= 15 is 0 Å². The van der Waals surface area contributed by atoms with Crippen molar-refractivity contribution in [3.63, 3.8) is 0 Å². The van der Waals surface area contributed by atoms with E-state index in [1.807, 2.05) is 66.7 Å². The number of fused-ring (bicyclic) bond motifs is 1. The number of amides is 2. The third-order valence-corrected chi connectivity index (χ3v) is 14.4. The van der Waals surface area contributed by atoms with Crippen molar-refractivity contribution in [1.82, 2.24) is 4.90 Å². The quantitative estimate of drug-likeness (QED) is 0.168. The van der Waals surface area contributed by atoms with Gasteiger partial charge in [0.25, 0.3) is 0 Å². The van der Waals surface area contributed by atoms with Crippen LogP contribution in [0, 0.1) is 33.5 Å². The molecule has 3 aromatic carbocycles. The van der Waals surface area contributed by atoms with Gasteiger partial charge in [0, 0.05) is 39.6 Å². The van der Waals surface area contributed by atoms with Crippen LogP contribution in [0.2, 0.25) is 0 Å². The van der Waals surface area contributed by atoms with Crippen molar-refractivity contribution in [2.75, 3.05) is 11.9 Å². The molecule has 6 nitrogen and oxygen atoms in total. The molecule has 3 fully saturated rings. The summed E-state index contributed by atoms with van der Waals surface area (Å²) in [6, 6.07) is 23.2. The highest BCUT2D eigenvalue weighted by molar-refractivity contribution is 6.10. The molecule has 0 aromatic heterocycles. The van der Waals surface area contributed by atoms with E-state index in [9.17, 15) is 33.0 Å². The third-order valence-electron chi connectivity index (χ3n) is 14.4. The molecule has 9 heteroatoms. The fourth-order valence-corrected chi connectivity index (χ4v) is 11.6. The van der Waals surface area contributed by atoms with E-state index in [0.29, 0.717) is 49.8 Å². The Morgan fingerprint density at radius 1 is 0.849 bits per heavy atom. The van der Waals surface area contributed by atoms with Gasteiger partial charge in [-0.15, -0.1) is 0 Å². The number of allylic oxidation sites excluding steroid dienone is 4. The molecule has 9 rings (SSSR count). The van der Waals surface area contributed by atoms with Crippen molar-refractivity contribution < 1.29 is 33.0 Å². The molecule has 2 amide bonds. The number of alkyl halides is 3. The van der Waals surface area contributed by atoms with E-state index in [2.05, 4.69) is 31.3 Å². The van der Waals surface area contributed by atoms with Gasteiger partial charge in [-0.2, -0.15) is 13.2 Å². The van der Waals surface area contributed by atoms with Gasteiger partial charge < -0.3 is 20.4 Å². The van der Waals surface area contributed by atoms with Crippen LogP contribution in [0.5, 0.6) is 0 Å². The number of carbonyl (C=O) groups excluding carboxylic acids is 2. The first kappa shape index (κ1) is 35.8. The molecule has 6 aliphatic rings. The van der Waals surface area contributed by atoms with Gasteiger partial charge in [-0.05, 0) is 92.0 Å². The van der Waals surface area contributed by atoms with Gasteiger partial charge in [0.05, 0.1) is 23.8 Å². The number of para-hydroxylation sites is 1. The number of Topliss-reactive ketones (excluding diaryl/α,β-unsaturated/α-hetero) is 1. The standard InChI is InChI=1S/C44H47F3N2O4/c1-39-19-16-33(50)25-41(39)22-23-43(34(26-41)37(51)30-12-9-13-31(24-30)44(45,46)47)35(39)17-20-40(2)36(43)18-21-42(40,53)28-49(27-29-10-5-3-6-11-29)38(52)48-32-14-7-4-8-15-32/h3-15,22-24,26,33,35-36,50,53H,16-21,25,27-28H2,1-2H3,(H,48,52)/t33?,35-,36-,39-,40+,41+,42-,43-/m1/s1. The zero-order valence-electron chi connectivity index (χ0n) is 30.2. The summed E-state index contributed by atoms with van der Waals surface area (Å²) in [5, 5.41) is 27.0. The fraction of sp³-hybridized carbons (Fsp3) is 0.455. The number of carbonyl (C=O) groups is 2. The van der Waals surface area contributed by atoms with Crippen molar-refractivity contribution >= 4 is 17.5 Å². The number of urea groups is 1. The largest absolute Gasteiger partial charge is 0.416 e. The maximum Gasteiger partial charge on any atom is 0.416 e. The van der Waals surface area contributed by atoms with Crippen molar-refractivity contribution in [3.8, 4) is 0 Å². The Morgan fingerprint density at radius 3 is 2.23 bits per heavy atom. The summed E-state index contributed by atoms with van der Waals surface area (Å²) in [5.41, 5.74) is -2.67. The van der Waals surface area contributed by atoms with Crippen molar-refractivity contribution in [3.05, 3.63) is 125 Å². The zero-order valence-corrected chi connectivity index (χ0v) is 30.2. The molecule has 1 unspecified atom stereocenters. The number of hydrogen-bond donors (Lipinski definition) is 3. The van der Waals surface area contributed by atoms with Crippen molar-refractivity contribution in [2.45, 2.75) is 83.2 Å². The Hall–Kier alpha value is -4.21. The lowest BCUT2D eigenvalue weighted by Gasteiger charge is -2.71. The van der Waals surface area contributed by atoms with Crippen molar-refractivity contribution in [2.24, 2.45) is 33.5 Å². The molecule has 278 valence electrons. The molecule has 0 radical (unpaired) electrons. The molecule has 0 saturated heterocycles. The average Bonchev–Trinajstić information content (AvgIpc) is 3.41. The number of nitrogens with zero attached hydrogens (tertiary/aromatic N) is 1. The van der Waals surface area contributed by atoms with Gasteiger partial charge in [-0.25, -0.2) is 4.79 Å². The molecule has 0 aliphatic heterocycles. The Bertz CT molecular complexity index is 1980. The predicted molar refractivity (Wildman–Crippen MR) is 197 cm³/mol. The summed E-state index contributed by atoms with van der Waals surface area (Å²) >= 11 is 0. The van der Waals surface area contributed by atoms with Gasteiger partial charge in [0.15, 0.2) is 5.78 Å². The first-order valence-corrected chi connectivity index (χ1v) is 18.9. The lowest BCUT2D eigenvalue weighted by atomic mass is 9.32. The second-order valence-electron chi connectivity index (χ2n) is 16.9. The maximum atomic E-state index is 14.8. The molecule has 3 aromatic rings. The van der Waals surface area contributed by atoms with Gasteiger partial charge >= 0.3 is 12.2 Å². The second-order valence-corrected chi connectivity index (χ2v) is 16.9. The predicted octanol–water partition coefficient (Wildman–Crippen LogP) is 9.21. The number of hydrogen-bond acceptors (Lipinski definition) is 4. The summed E-state index contributed by atoms with van der Waals surface area (Å²) in [5.74, 6) is -0.683. The number of rotatable bonds is 7. The van der Waals surface area contributed by atoms with Crippen LogP contribution in [0.1, 0.15) is 80.3 Å². The van der Waals surface area contributed by atoms with E-state index in [0.717, 1.165) is 24.1 Å². The monoisotopic (exact) mass is 724 g/mol. The van der Waals surface area contributed by atoms with Crippen LogP contribution in [-0.4, -0.2) is 45.2 Å². The lowest BCUT2D eigenvalue weighted by molar-refractivity contribution is -0.174. The van der Waals surface area contributed by atoms with Crippen LogP contribution in [-0.2, 0) is 12.7 Å². The minimum atomic E-state index is -4.61. The zero-order chi connectivity index (χ0) is 37.4. The SMILES string of the molecule is C[C@]12CC[C@H]3[C@]4(C=C[C@@]5(C=C4C(=O)c4cccc(C(F)(F)F)c4)CC(O)CC[C@]35C)[C@@H]1CC[C@@]2(O)CN(Cc1ccccc1)C(=O)Nc1ccccc1. The summed E-state index contributed by atoms with van der Waals surface area (Å²) in [6.07, 6.45) is 5.33. The second kappa shape index (κ2) is 12.4. The smallest absolute Gasteiger partial charge is 0.393 e. The Labute approximate surface area is 308 Å². The molecule has 53 heavy (non-hydrogen) atoms. The Balaban J connectivity index is 1.20. The minimum absolute atomic E-state index is 0.0123. The summed E-state index contributed by atoms with van der Waals surface area (Å²) in [7, 11) is 0. The molecule has 3 N–H and O–H groups in total. The van der Waals surface area contributed by atoms with Gasteiger partial charge in [0.1, 0.15) is 0 Å². The van der Waals surface area contributed by atoms with Crippen LogP contribution < -0.4 is 5.32 Å². The number of halogens is 3. The van der Waals surface area contributed by atoms with Gasteiger partial charge in [-0.1, -0.05) is 92.7 Å². The number of nitrogens with one attached hydrogen (secondary N) is 1. The molecular formula is C44H47F3N2O4. The first-order chi connectivity index (χ1) is 25.1. The summed E-state index contributed by atoms with van der Waals surface area (Å²) in [4.78, 5) is 30.5. The minimum Gasteiger partial charge on any atom is -0.393 e. The number of aliphatic hydroxyl groups excluding tert-OH is 1. The normalized spacial score (nSPS) is 35.5. The van der Waals surface area contributed by atoms with E-state index in [1.54, 1.807) is 4.90 Å². The highest BCUT2D eigenvalue weighted by atomic mass is 19.4. The van der Waals surface area contributed by atoms with Crippen LogP contribution >= 0.6 is 0 Å². The number of aliphatic hydroxyl groups is 2. The topological polar surface area (TPSA) is 89.9 Å². The van der Waals surface area contributed by atoms with Crippen LogP contribution in [0.3, 0.4) is 0 Å². The lowest BCUT2D eigenvalue weighted by Crippen LogP contribution is -2.67. The highest BCUT2D eigenvalue weighted by Crippen LogP contribution is 2.78. The molecule has 3 saturated carbocycles.